The smallest absolute Gasteiger partial charge is 0.417 e. The normalized spacial score (nSPS) is 19.9. The Kier molecular flexibility index (Phi) is 6.09. The molecular weight excluding hydrogens is 447 g/mol. The molecule has 2 atom stereocenters. The molecule has 176 valence electrons. The van der Waals surface area contributed by atoms with Crippen LogP contribution in [-0.2, 0) is 31.1 Å². The Labute approximate surface area is 185 Å². The highest BCUT2D eigenvalue weighted by molar-refractivity contribution is 7.92. The van der Waals surface area contributed by atoms with Crippen LogP contribution in [0.15, 0.2) is 35.2 Å². The minimum absolute atomic E-state index is 0.171. The Bertz CT molecular complexity index is 1120. The molecule has 1 aliphatic rings. The average Bonchev–Trinajstić information content (AvgIpc) is 3.30. The number of aromatic nitrogens is 2. The monoisotopic (exact) mass is 473 g/mol. The van der Waals surface area contributed by atoms with Gasteiger partial charge in [0, 0.05) is 12.6 Å². The van der Waals surface area contributed by atoms with E-state index in [0.717, 1.165) is 18.2 Å². The Morgan fingerprint density at radius 1 is 1.19 bits per heavy atom. The van der Waals surface area contributed by atoms with Gasteiger partial charge < -0.3 is 9.64 Å². The fourth-order valence-electron chi connectivity index (χ4n) is 3.95. The van der Waals surface area contributed by atoms with Crippen molar-refractivity contribution >= 4 is 21.6 Å². The summed E-state index contributed by atoms with van der Waals surface area (Å²) >= 11 is 0. The minimum atomic E-state index is -4.83. The molecule has 3 rings (SSSR count). The first-order chi connectivity index (χ1) is 14.7. The van der Waals surface area contributed by atoms with Gasteiger partial charge in [0.25, 0.3) is 0 Å². The summed E-state index contributed by atoms with van der Waals surface area (Å²) in [6, 6.07) is 4.84. The number of ether oxygens (including phenoxy) is 1. The first-order valence-corrected chi connectivity index (χ1v) is 11.5. The van der Waals surface area contributed by atoms with E-state index >= 15 is 0 Å². The second-order valence-electron chi connectivity index (χ2n) is 8.81. The number of methoxy groups -OCH3 is 1. The molecule has 1 aromatic carbocycles. The van der Waals surface area contributed by atoms with Gasteiger partial charge in [-0.2, -0.15) is 18.3 Å². The van der Waals surface area contributed by atoms with Gasteiger partial charge in [-0.25, -0.2) is 17.9 Å². The van der Waals surface area contributed by atoms with Crippen molar-refractivity contribution in [2.45, 2.75) is 62.0 Å². The third-order valence-electron chi connectivity index (χ3n) is 5.42. The summed E-state index contributed by atoms with van der Waals surface area (Å²) < 4.78 is 73.7. The van der Waals surface area contributed by atoms with Crippen molar-refractivity contribution in [1.82, 2.24) is 9.78 Å². The van der Waals surface area contributed by atoms with E-state index in [-0.39, 0.29) is 13.0 Å². The fourth-order valence-corrected chi connectivity index (χ4v) is 5.86. The Balaban J connectivity index is 2.09. The van der Waals surface area contributed by atoms with Crippen LogP contribution >= 0.6 is 0 Å². The maximum Gasteiger partial charge on any atom is 0.417 e. The number of anilines is 1. The number of halogens is 3. The van der Waals surface area contributed by atoms with Crippen LogP contribution in [0.4, 0.5) is 19.0 Å². The highest BCUT2D eigenvalue weighted by Gasteiger charge is 2.47. The standard InChI is InChI=1S/C21H26F3N3O4S/c1-13-10-18(27(25-13)20(2,3)4)26-12-14(11-16(26)19(28)31-5)32(29,30)17-9-7-6-8-15(17)21(22,23)24/h6-10,14,16H,11-12H2,1-5H3/t14-,16+/m1/s1. The predicted octanol–water partition coefficient (Wildman–Crippen LogP) is 3.56. The van der Waals surface area contributed by atoms with E-state index in [2.05, 4.69) is 5.10 Å². The topological polar surface area (TPSA) is 81.5 Å². The minimum Gasteiger partial charge on any atom is -0.467 e. The third kappa shape index (κ3) is 4.35. The number of carbonyl (C=O) groups excluding carboxylic acids is 1. The van der Waals surface area contributed by atoms with Crippen LogP contribution < -0.4 is 4.90 Å². The van der Waals surface area contributed by atoms with Crippen LogP contribution in [0.5, 0.6) is 0 Å². The lowest BCUT2D eigenvalue weighted by molar-refractivity contribution is -0.142. The Morgan fingerprint density at radius 3 is 2.38 bits per heavy atom. The second-order valence-corrected chi connectivity index (χ2v) is 11.0. The molecule has 11 heteroatoms. The lowest BCUT2D eigenvalue weighted by Crippen LogP contribution is -2.40. The molecule has 1 aromatic heterocycles. The second kappa shape index (κ2) is 8.09. The number of sulfone groups is 1. The van der Waals surface area contributed by atoms with Crippen LogP contribution in [0.3, 0.4) is 0 Å². The molecule has 0 spiro atoms. The zero-order chi connectivity index (χ0) is 24.1. The van der Waals surface area contributed by atoms with Crippen molar-refractivity contribution in [3.8, 4) is 0 Å². The molecule has 32 heavy (non-hydrogen) atoms. The number of benzene rings is 1. The van der Waals surface area contributed by atoms with Gasteiger partial charge in [0.05, 0.1) is 34.1 Å². The summed E-state index contributed by atoms with van der Waals surface area (Å²) in [5.41, 5.74) is -1.04. The molecule has 1 aliphatic heterocycles. The van der Waals surface area contributed by atoms with Crippen LogP contribution in [0.1, 0.15) is 38.4 Å². The molecule has 0 N–H and O–H groups in total. The van der Waals surface area contributed by atoms with Gasteiger partial charge in [-0.1, -0.05) is 12.1 Å². The Hall–Kier alpha value is -2.56. The van der Waals surface area contributed by atoms with E-state index in [1.54, 1.807) is 22.6 Å². The van der Waals surface area contributed by atoms with Gasteiger partial charge in [-0.3, -0.25) is 0 Å². The zero-order valence-corrected chi connectivity index (χ0v) is 19.3. The van der Waals surface area contributed by atoms with Crippen molar-refractivity contribution in [3.63, 3.8) is 0 Å². The van der Waals surface area contributed by atoms with Crippen molar-refractivity contribution in [2.75, 3.05) is 18.6 Å². The molecule has 2 heterocycles. The predicted molar refractivity (Wildman–Crippen MR) is 112 cm³/mol. The molecule has 0 aliphatic carbocycles. The van der Waals surface area contributed by atoms with E-state index in [1.807, 2.05) is 20.8 Å². The van der Waals surface area contributed by atoms with Gasteiger partial charge in [0.2, 0.25) is 0 Å². The fraction of sp³-hybridized carbons (Fsp3) is 0.524. The molecule has 0 unspecified atom stereocenters. The Morgan fingerprint density at radius 2 is 1.81 bits per heavy atom. The van der Waals surface area contributed by atoms with Crippen LogP contribution in [0.2, 0.25) is 0 Å². The maximum atomic E-state index is 13.5. The van der Waals surface area contributed by atoms with E-state index < -0.39 is 49.3 Å². The maximum absolute atomic E-state index is 13.5. The van der Waals surface area contributed by atoms with E-state index in [9.17, 15) is 26.4 Å². The summed E-state index contributed by atoms with van der Waals surface area (Å²) in [4.78, 5) is 13.3. The van der Waals surface area contributed by atoms with Gasteiger partial charge in [0.1, 0.15) is 11.9 Å². The molecule has 0 bridgehead atoms. The van der Waals surface area contributed by atoms with Crippen molar-refractivity contribution in [1.29, 1.82) is 0 Å². The molecular formula is C21H26F3N3O4S. The van der Waals surface area contributed by atoms with Crippen molar-refractivity contribution < 1.29 is 31.1 Å². The van der Waals surface area contributed by atoms with E-state index in [1.165, 1.54) is 13.2 Å². The summed E-state index contributed by atoms with van der Waals surface area (Å²) in [6.45, 7) is 7.30. The lowest BCUT2D eigenvalue weighted by Gasteiger charge is -2.30. The van der Waals surface area contributed by atoms with Crippen LogP contribution in [-0.4, -0.2) is 49.1 Å². The highest BCUT2D eigenvalue weighted by atomic mass is 32.2. The van der Waals surface area contributed by atoms with Gasteiger partial charge in [-0.15, -0.1) is 0 Å². The molecule has 0 radical (unpaired) electrons. The summed E-state index contributed by atoms with van der Waals surface area (Å²) in [5, 5.41) is 3.23. The average molecular weight is 474 g/mol. The number of hydrogen-bond acceptors (Lipinski definition) is 6. The number of alkyl halides is 3. The SMILES string of the molecule is COC(=O)[C@@H]1C[C@@H](S(=O)(=O)c2ccccc2C(F)(F)F)CN1c1cc(C)nn1C(C)(C)C. The summed E-state index contributed by atoms with van der Waals surface area (Å²) in [6.07, 6.45) is -5.03. The van der Waals surface area contributed by atoms with Gasteiger partial charge in [-0.05, 0) is 46.2 Å². The third-order valence-corrected chi connectivity index (χ3v) is 7.60. The molecule has 1 saturated heterocycles. The number of esters is 1. The van der Waals surface area contributed by atoms with Crippen molar-refractivity contribution in [2.24, 2.45) is 0 Å². The largest absolute Gasteiger partial charge is 0.467 e. The summed E-state index contributed by atoms with van der Waals surface area (Å²) in [7, 11) is -3.22. The molecule has 7 nitrogen and oxygen atoms in total. The van der Waals surface area contributed by atoms with Crippen LogP contribution in [0, 0.1) is 6.92 Å². The molecule has 1 fully saturated rings. The number of aryl methyl sites for hydroxylation is 1. The zero-order valence-electron chi connectivity index (χ0n) is 18.5. The first-order valence-electron chi connectivity index (χ1n) is 9.99. The quantitative estimate of drug-likeness (QED) is 0.632. The number of hydrogen-bond donors (Lipinski definition) is 0. The van der Waals surface area contributed by atoms with E-state index in [4.69, 9.17) is 4.74 Å². The van der Waals surface area contributed by atoms with Crippen molar-refractivity contribution in [3.05, 3.63) is 41.6 Å². The first kappa shape index (κ1) is 24.1. The number of carbonyl (C=O) groups is 1. The van der Waals surface area contributed by atoms with Gasteiger partial charge in [0.15, 0.2) is 9.84 Å². The van der Waals surface area contributed by atoms with Gasteiger partial charge >= 0.3 is 12.1 Å². The molecule has 2 aromatic rings. The van der Waals surface area contributed by atoms with E-state index in [0.29, 0.717) is 11.5 Å². The highest BCUT2D eigenvalue weighted by Crippen LogP contribution is 2.39. The number of nitrogens with zero attached hydrogens (tertiary/aromatic N) is 3. The molecule has 0 saturated carbocycles. The van der Waals surface area contributed by atoms with Crippen LogP contribution in [0.25, 0.3) is 0 Å². The lowest BCUT2D eigenvalue weighted by atomic mass is 10.1. The number of rotatable bonds is 4. The summed E-state index contributed by atoms with van der Waals surface area (Å²) in [5.74, 6) is -0.154. The molecule has 0 amide bonds.